The second kappa shape index (κ2) is 6.04. The smallest absolute Gasteiger partial charge is 0.187 e. The van der Waals surface area contributed by atoms with E-state index in [1.165, 1.54) is 12.1 Å². The van der Waals surface area contributed by atoms with Gasteiger partial charge < -0.3 is 0 Å². The normalized spacial score (nSPS) is 11.7. The van der Waals surface area contributed by atoms with Gasteiger partial charge in [-0.25, -0.2) is 4.39 Å². The summed E-state index contributed by atoms with van der Waals surface area (Å²) in [4.78, 5) is 12.3. The summed E-state index contributed by atoms with van der Waals surface area (Å²) >= 11 is 11.7. The summed E-state index contributed by atoms with van der Waals surface area (Å²) in [5.74, 6) is -2.55. The Morgan fingerprint density at radius 3 is 2.55 bits per heavy atom. The van der Waals surface area contributed by atoms with E-state index in [0.29, 0.717) is 5.56 Å². The molecular weight excluding hydrogens is 300 g/mol. The van der Waals surface area contributed by atoms with Gasteiger partial charge in [0.15, 0.2) is 5.78 Å². The van der Waals surface area contributed by atoms with Gasteiger partial charge in [0.2, 0.25) is 0 Å². The predicted octanol–water partition coefficient (Wildman–Crippen LogP) is 4.62. The van der Waals surface area contributed by atoms with Crippen LogP contribution >= 0.6 is 23.2 Å². The number of ketones is 1. The van der Waals surface area contributed by atoms with E-state index in [1.807, 2.05) is 6.07 Å². The molecule has 2 rings (SSSR count). The van der Waals surface area contributed by atoms with E-state index >= 15 is 0 Å². The molecule has 0 saturated heterocycles. The highest BCUT2D eigenvalue weighted by molar-refractivity contribution is 6.32. The number of halogens is 3. The molecule has 0 amide bonds. The van der Waals surface area contributed by atoms with Gasteiger partial charge in [-0.05, 0) is 29.8 Å². The Bertz CT molecular complexity index is 709. The molecular formula is C15H8Cl2FNO. The molecule has 0 saturated carbocycles. The zero-order valence-corrected chi connectivity index (χ0v) is 11.6. The molecule has 2 nitrogen and oxygen atoms in total. The Morgan fingerprint density at radius 1 is 1.20 bits per heavy atom. The first-order chi connectivity index (χ1) is 9.54. The van der Waals surface area contributed by atoms with Crippen LogP contribution in [-0.2, 0) is 0 Å². The molecule has 0 N–H and O–H groups in total. The van der Waals surface area contributed by atoms with Gasteiger partial charge in [0.05, 0.1) is 11.6 Å². The van der Waals surface area contributed by atoms with Gasteiger partial charge in [-0.15, -0.1) is 0 Å². The molecule has 0 aliphatic rings. The van der Waals surface area contributed by atoms with Crippen LogP contribution in [0.3, 0.4) is 0 Å². The lowest BCUT2D eigenvalue weighted by atomic mass is 9.91. The summed E-state index contributed by atoms with van der Waals surface area (Å²) < 4.78 is 13.7. The SMILES string of the molecule is N#CC(C(=O)c1cc(Cl)ccc1F)c1ccccc1Cl. The summed E-state index contributed by atoms with van der Waals surface area (Å²) in [5, 5.41) is 9.73. The van der Waals surface area contributed by atoms with Crippen molar-refractivity contribution < 1.29 is 9.18 Å². The number of rotatable bonds is 3. The lowest BCUT2D eigenvalue weighted by Gasteiger charge is -2.11. The van der Waals surface area contributed by atoms with E-state index in [-0.39, 0.29) is 15.6 Å². The van der Waals surface area contributed by atoms with Gasteiger partial charge in [0, 0.05) is 10.0 Å². The second-order valence-electron chi connectivity index (χ2n) is 4.07. The lowest BCUT2D eigenvalue weighted by molar-refractivity contribution is 0.0975. The third kappa shape index (κ3) is 2.82. The molecule has 1 atom stereocenters. The summed E-state index contributed by atoms with van der Waals surface area (Å²) in [7, 11) is 0. The maximum absolute atomic E-state index is 13.7. The maximum Gasteiger partial charge on any atom is 0.187 e. The molecule has 0 bridgehead atoms. The Balaban J connectivity index is 2.48. The summed E-state index contributed by atoms with van der Waals surface area (Å²) in [6, 6.07) is 12.0. The van der Waals surface area contributed by atoms with Gasteiger partial charge in [0.1, 0.15) is 11.7 Å². The lowest BCUT2D eigenvalue weighted by Crippen LogP contribution is -2.13. The molecule has 0 aliphatic carbocycles. The molecule has 1 unspecified atom stereocenters. The molecule has 0 heterocycles. The standard InChI is InChI=1S/C15H8Cl2FNO/c16-9-5-6-14(18)11(7-9)15(20)12(8-19)10-3-1-2-4-13(10)17/h1-7,12H. The summed E-state index contributed by atoms with van der Waals surface area (Å²) in [6.45, 7) is 0. The molecule has 0 fully saturated rings. The van der Waals surface area contributed by atoms with E-state index in [0.717, 1.165) is 6.07 Å². The van der Waals surface area contributed by atoms with Crippen molar-refractivity contribution in [2.75, 3.05) is 0 Å². The quantitative estimate of drug-likeness (QED) is 0.776. The van der Waals surface area contributed by atoms with Crippen LogP contribution in [0.4, 0.5) is 4.39 Å². The van der Waals surface area contributed by atoms with Crippen LogP contribution in [0.1, 0.15) is 21.8 Å². The molecule has 0 aliphatic heterocycles. The van der Waals surface area contributed by atoms with Crippen LogP contribution in [0.25, 0.3) is 0 Å². The first-order valence-corrected chi connectivity index (χ1v) is 6.43. The Morgan fingerprint density at radius 2 is 1.90 bits per heavy atom. The van der Waals surface area contributed by atoms with E-state index in [1.54, 1.807) is 24.3 Å². The fraction of sp³-hybridized carbons (Fsp3) is 0.0667. The molecule has 2 aromatic carbocycles. The highest BCUT2D eigenvalue weighted by Crippen LogP contribution is 2.28. The molecule has 5 heteroatoms. The van der Waals surface area contributed by atoms with Gasteiger partial charge in [0.25, 0.3) is 0 Å². The monoisotopic (exact) mass is 307 g/mol. The minimum Gasteiger partial charge on any atom is -0.292 e. The largest absolute Gasteiger partial charge is 0.292 e. The topological polar surface area (TPSA) is 40.9 Å². The zero-order chi connectivity index (χ0) is 14.7. The fourth-order valence-electron chi connectivity index (χ4n) is 1.82. The predicted molar refractivity (Wildman–Crippen MR) is 75.5 cm³/mol. The summed E-state index contributed by atoms with van der Waals surface area (Å²) in [5.41, 5.74) is 0.130. The van der Waals surface area contributed by atoms with Crippen molar-refractivity contribution in [1.82, 2.24) is 0 Å². The minimum atomic E-state index is -1.17. The highest BCUT2D eigenvalue weighted by Gasteiger charge is 2.26. The number of carbonyl (C=O) groups is 1. The van der Waals surface area contributed by atoms with Gasteiger partial charge in [-0.2, -0.15) is 5.26 Å². The Kier molecular flexibility index (Phi) is 4.39. The number of carbonyl (C=O) groups excluding carboxylic acids is 1. The molecule has 0 aromatic heterocycles. The number of nitrogens with zero attached hydrogens (tertiary/aromatic N) is 1. The van der Waals surface area contributed by atoms with Crippen LogP contribution in [0.15, 0.2) is 42.5 Å². The third-order valence-electron chi connectivity index (χ3n) is 2.80. The van der Waals surface area contributed by atoms with Crippen molar-refractivity contribution in [2.45, 2.75) is 5.92 Å². The van der Waals surface area contributed by atoms with Crippen molar-refractivity contribution >= 4 is 29.0 Å². The molecule has 0 spiro atoms. The molecule has 0 radical (unpaired) electrons. The van der Waals surface area contributed by atoms with E-state index in [9.17, 15) is 14.4 Å². The van der Waals surface area contributed by atoms with Crippen molar-refractivity contribution in [3.8, 4) is 6.07 Å². The van der Waals surface area contributed by atoms with E-state index in [4.69, 9.17) is 23.2 Å². The Labute approximate surface area is 125 Å². The highest BCUT2D eigenvalue weighted by atomic mass is 35.5. The van der Waals surface area contributed by atoms with Gasteiger partial charge >= 0.3 is 0 Å². The number of hydrogen-bond donors (Lipinski definition) is 0. The van der Waals surface area contributed by atoms with Crippen LogP contribution < -0.4 is 0 Å². The first kappa shape index (κ1) is 14.5. The minimum absolute atomic E-state index is 0.219. The Hall–Kier alpha value is -1.89. The number of benzene rings is 2. The zero-order valence-electron chi connectivity index (χ0n) is 10.1. The van der Waals surface area contributed by atoms with Crippen LogP contribution in [0.5, 0.6) is 0 Å². The van der Waals surface area contributed by atoms with Crippen LogP contribution in [-0.4, -0.2) is 5.78 Å². The third-order valence-corrected chi connectivity index (χ3v) is 3.38. The second-order valence-corrected chi connectivity index (χ2v) is 4.92. The van der Waals surface area contributed by atoms with Crippen molar-refractivity contribution in [1.29, 1.82) is 5.26 Å². The van der Waals surface area contributed by atoms with Crippen molar-refractivity contribution in [3.63, 3.8) is 0 Å². The number of Topliss-reactive ketones (excluding diaryl/α,β-unsaturated/α-hetero) is 1. The van der Waals surface area contributed by atoms with Crippen LogP contribution in [0, 0.1) is 17.1 Å². The number of hydrogen-bond acceptors (Lipinski definition) is 2. The average Bonchev–Trinajstić information content (AvgIpc) is 2.44. The summed E-state index contributed by atoms with van der Waals surface area (Å²) in [6.07, 6.45) is 0. The molecule has 20 heavy (non-hydrogen) atoms. The van der Waals surface area contributed by atoms with Gasteiger partial charge in [-0.1, -0.05) is 41.4 Å². The average molecular weight is 308 g/mol. The van der Waals surface area contributed by atoms with Crippen LogP contribution in [0.2, 0.25) is 10.0 Å². The van der Waals surface area contributed by atoms with Gasteiger partial charge in [-0.3, -0.25) is 4.79 Å². The van der Waals surface area contributed by atoms with Crippen molar-refractivity contribution in [2.24, 2.45) is 0 Å². The van der Waals surface area contributed by atoms with E-state index < -0.39 is 17.5 Å². The molecule has 100 valence electrons. The fourth-order valence-corrected chi connectivity index (χ4v) is 2.24. The molecule has 2 aromatic rings. The number of nitriles is 1. The first-order valence-electron chi connectivity index (χ1n) is 5.68. The maximum atomic E-state index is 13.7. The van der Waals surface area contributed by atoms with E-state index in [2.05, 4.69) is 0 Å². The van der Waals surface area contributed by atoms with Crippen molar-refractivity contribution in [3.05, 3.63) is 69.5 Å².